The van der Waals surface area contributed by atoms with Gasteiger partial charge in [0, 0.05) is 12.6 Å². The smallest absolute Gasteiger partial charge is 0.366 e. The highest BCUT2D eigenvalue weighted by atomic mass is 19.4. The number of piperidine rings is 3. The van der Waals surface area contributed by atoms with Crippen molar-refractivity contribution in [2.45, 2.75) is 25.1 Å². The molecule has 1 aromatic carbocycles. The number of carbonyl (C=O) groups is 2. The van der Waals surface area contributed by atoms with Crippen molar-refractivity contribution in [1.82, 2.24) is 10.2 Å². The first-order valence-electron chi connectivity index (χ1n) is 7.80. The Morgan fingerprint density at radius 1 is 1.21 bits per heavy atom. The van der Waals surface area contributed by atoms with E-state index in [-0.39, 0.29) is 12.0 Å². The number of benzene rings is 1. The maximum atomic E-state index is 13.2. The molecule has 3 saturated heterocycles. The van der Waals surface area contributed by atoms with Gasteiger partial charge in [-0.25, -0.2) is 0 Å². The molecule has 0 radical (unpaired) electrons. The summed E-state index contributed by atoms with van der Waals surface area (Å²) in [6.45, 7) is 2.52. The molecule has 1 unspecified atom stereocenters. The number of nitrogens with one attached hydrogen (secondary N) is 1. The van der Waals surface area contributed by atoms with Gasteiger partial charge in [0.05, 0.1) is 16.7 Å². The Morgan fingerprint density at radius 3 is 2.38 bits per heavy atom. The van der Waals surface area contributed by atoms with Crippen LogP contribution >= 0.6 is 0 Å². The standard InChI is InChI=1S/C16H18F3N3O2/c17-16(18,19)11-3-1-2-10(14(20)23)13(11)15(24)21-12-8-22-6-4-9(12)5-7-22/h1-3,9,12H,4-8H2,(H2,20,23)(H,21,24). The quantitative estimate of drug-likeness (QED) is 0.877. The molecule has 1 atom stereocenters. The van der Waals surface area contributed by atoms with Gasteiger partial charge in [-0.05, 0) is 44.0 Å². The number of primary amides is 1. The Kier molecular flexibility index (Phi) is 4.25. The Hall–Kier alpha value is -2.09. The van der Waals surface area contributed by atoms with E-state index < -0.39 is 34.7 Å². The van der Waals surface area contributed by atoms with Crippen LogP contribution in [-0.4, -0.2) is 42.4 Å². The van der Waals surface area contributed by atoms with Gasteiger partial charge in [-0.1, -0.05) is 6.07 Å². The minimum Gasteiger partial charge on any atom is -0.366 e. The number of hydrogen-bond donors (Lipinski definition) is 2. The third-order valence-corrected chi connectivity index (χ3v) is 4.84. The Morgan fingerprint density at radius 2 is 1.88 bits per heavy atom. The number of fused-ring (bicyclic) bond motifs is 3. The summed E-state index contributed by atoms with van der Waals surface area (Å²) in [5.74, 6) is -1.69. The monoisotopic (exact) mass is 341 g/mol. The van der Waals surface area contributed by atoms with Crippen molar-refractivity contribution in [3.63, 3.8) is 0 Å². The minimum absolute atomic E-state index is 0.206. The van der Waals surface area contributed by atoms with E-state index in [0.717, 1.165) is 44.1 Å². The molecule has 0 spiro atoms. The van der Waals surface area contributed by atoms with Crippen LogP contribution in [0.1, 0.15) is 39.1 Å². The van der Waals surface area contributed by atoms with E-state index in [1.165, 1.54) is 0 Å². The lowest BCUT2D eigenvalue weighted by atomic mass is 9.83. The summed E-state index contributed by atoms with van der Waals surface area (Å²) in [5, 5.41) is 2.69. The molecular formula is C16H18F3N3O2. The number of amides is 2. The highest BCUT2D eigenvalue weighted by Crippen LogP contribution is 2.34. The fraction of sp³-hybridized carbons (Fsp3) is 0.500. The van der Waals surface area contributed by atoms with Crippen molar-refractivity contribution in [2.24, 2.45) is 11.7 Å². The average Bonchev–Trinajstić information content (AvgIpc) is 2.54. The molecule has 4 rings (SSSR count). The number of carbonyl (C=O) groups excluding carboxylic acids is 2. The molecule has 2 amide bonds. The minimum atomic E-state index is -4.74. The average molecular weight is 341 g/mol. The summed E-state index contributed by atoms with van der Waals surface area (Å²) in [4.78, 5) is 26.2. The number of nitrogens with zero attached hydrogens (tertiary/aromatic N) is 1. The van der Waals surface area contributed by atoms with E-state index in [4.69, 9.17) is 5.73 Å². The predicted molar refractivity (Wildman–Crippen MR) is 80.4 cm³/mol. The van der Waals surface area contributed by atoms with Crippen LogP contribution in [0.3, 0.4) is 0 Å². The van der Waals surface area contributed by atoms with Gasteiger partial charge in [0.1, 0.15) is 0 Å². The van der Waals surface area contributed by atoms with E-state index in [0.29, 0.717) is 6.54 Å². The molecule has 3 aliphatic rings. The van der Waals surface area contributed by atoms with Crippen LogP contribution in [0, 0.1) is 5.92 Å². The zero-order chi connectivity index (χ0) is 17.5. The highest BCUT2D eigenvalue weighted by molar-refractivity contribution is 6.07. The van der Waals surface area contributed by atoms with Crippen LogP contribution in [0.25, 0.3) is 0 Å². The van der Waals surface area contributed by atoms with Crippen LogP contribution in [0.4, 0.5) is 13.2 Å². The lowest BCUT2D eigenvalue weighted by Gasteiger charge is -2.45. The van der Waals surface area contributed by atoms with Gasteiger partial charge >= 0.3 is 6.18 Å². The van der Waals surface area contributed by atoms with E-state index in [9.17, 15) is 22.8 Å². The van der Waals surface area contributed by atoms with E-state index in [2.05, 4.69) is 10.2 Å². The first-order chi connectivity index (χ1) is 11.3. The first kappa shape index (κ1) is 16.8. The molecule has 0 saturated carbocycles. The molecule has 3 N–H and O–H groups in total. The molecule has 0 aliphatic carbocycles. The third-order valence-electron chi connectivity index (χ3n) is 4.84. The van der Waals surface area contributed by atoms with Gasteiger partial charge in [-0.15, -0.1) is 0 Å². The van der Waals surface area contributed by atoms with Crippen LogP contribution in [0.15, 0.2) is 18.2 Å². The summed E-state index contributed by atoms with van der Waals surface area (Å²) in [7, 11) is 0. The number of halogens is 3. The van der Waals surface area contributed by atoms with Gasteiger partial charge in [0.25, 0.3) is 5.91 Å². The van der Waals surface area contributed by atoms with Crippen LogP contribution in [-0.2, 0) is 6.18 Å². The second-order valence-electron chi connectivity index (χ2n) is 6.31. The molecule has 3 aliphatic heterocycles. The van der Waals surface area contributed by atoms with Crippen LogP contribution in [0.5, 0.6) is 0 Å². The lowest BCUT2D eigenvalue weighted by molar-refractivity contribution is -0.138. The third kappa shape index (κ3) is 3.10. The van der Waals surface area contributed by atoms with E-state index >= 15 is 0 Å². The van der Waals surface area contributed by atoms with Crippen LogP contribution in [0.2, 0.25) is 0 Å². The molecule has 0 aromatic heterocycles. The molecule has 8 heteroatoms. The maximum absolute atomic E-state index is 13.2. The molecule has 3 fully saturated rings. The van der Waals surface area contributed by atoms with Gasteiger partial charge < -0.3 is 16.0 Å². The summed E-state index contributed by atoms with van der Waals surface area (Å²) >= 11 is 0. The molecule has 3 heterocycles. The van der Waals surface area contributed by atoms with Crippen molar-refractivity contribution >= 4 is 11.8 Å². The summed E-state index contributed by atoms with van der Waals surface area (Å²) < 4.78 is 39.7. The molecule has 2 bridgehead atoms. The van der Waals surface area contributed by atoms with Gasteiger partial charge in [0.15, 0.2) is 0 Å². The van der Waals surface area contributed by atoms with Crippen molar-refractivity contribution < 1.29 is 22.8 Å². The van der Waals surface area contributed by atoms with Crippen molar-refractivity contribution in [3.05, 3.63) is 34.9 Å². The first-order valence-corrected chi connectivity index (χ1v) is 7.80. The summed E-state index contributed by atoms with van der Waals surface area (Å²) in [6, 6.07) is 2.80. The number of nitrogens with two attached hydrogens (primary N) is 1. The Balaban J connectivity index is 1.92. The van der Waals surface area contributed by atoms with Gasteiger partial charge in [0.2, 0.25) is 5.91 Å². The van der Waals surface area contributed by atoms with E-state index in [1.54, 1.807) is 0 Å². The topological polar surface area (TPSA) is 75.4 Å². The van der Waals surface area contributed by atoms with Crippen molar-refractivity contribution in [1.29, 1.82) is 0 Å². The number of hydrogen-bond acceptors (Lipinski definition) is 3. The Labute approximate surface area is 137 Å². The van der Waals surface area contributed by atoms with Crippen molar-refractivity contribution in [3.8, 4) is 0 Å². The number of alkyl halides is 3. The normalized spacial score (nSPS) is 26.2. The van der Waals surface area contributed by atoms with Gasteiger partial charge in [-0.3, -0.25) is 9.59 Å². The summed E-state index contributed by atoms with van der Waals surface area (Å²) in [6.07, 6.45) is -2.92. The van der Waals surface area contributed by atoms with Crippen molar-refractivity contribution in [2.75, 3.05) is 19.6 Å². The van der Waals surface area contributed by atoms with E-state index in [1.807, 2.05) is 0 Å². The SMILES string of the molecule is NC(=O)c1cccc(C(F)(F)F)c1C(=O)NC1CN2CCC1CC2. The molecule has 24 heavy (non-hydrogen) atoms. The fourth-order valence-corrected chi connectivity index (χ4v) is 3.61. The zero-order valence-corrected chi connectivity index (χ0v) is 12.9. The van der Waals surface area contributed by atoms with Crippen LogP contribution < -0.4 is 11.1 Å². The fourth-order valence-electron chi connectivity index (χ4n) is 3.61. The Bertz CT molecular complexity index is 667. The maximum Gasteiger partial charge on any atom is 0.417 e. The summed E-state index contributed by atoms with van der Waals surface area (Å²) in [5.41, 5.74) is 2.92. The molecule has 130 valence electrons. The second kappa shape index (κ2) is 6.08. The predicted octanol–water partition coefficient (Wildman–Crippen LogP) is 1.63. The van der Waals surface area contributed by atoms with Gasteiger partial charge in [-0.2, -0.15) is 13.2 Å². The largest absolute Gasteiger partial charge is 0.417 e. The second-order valence-corrected chi connectivity index (χ2v) is 6.31. The zero-order valence-electron chi connectivity index (χ0n) is 12.9. The molecule has 1 aromatic rings. The molecule has 5 nitrogen and oxygen atoms in total. The lowest BCUT2D eigenvalue weighted by Crippen LogP contribution is -2.57. The number of rotatable bonds is 3. The highest BCUT2D eigenvalue weighted by Gasteiger charge is 2.39. The molecular weight excluding hydrogens is 323 g/mol.